The van der Waals surface area contributed by atoms with E-state index in [1.54, 1.807) is 18.3 Å². The first-order chi connectivity index (χ1) is 19.9. The number of pyridine rings is 1. The van der Waals surface area contributed by atoms with Gasteiger partial charge >= 0.3 is 0 Å². The lowest BCUT2D eigenvalue weighted by Gasteiger charge is -2.35. The van der Waals surface area contributed by atoms with Crippen LogP contribution in [-0.4, -0.2) is 58.5 Å². The third-order valence-corrected chi connectivity index (χ3v) is 8.25. The molecular formula is C32H34F2N4O3. The summed E-state index contributed by atoms with van der Waals surface area (Å²) in [6, 6.07) is 14.3. The number of piperidine rings is 1. The average Bonchev–Trinajstić information content (AvgIpc) is 3.45. The van der Waals surface area contributed by atoms with Crippen LogP contribution in [0.5, 0.6) is 17.2 Å². The lowest BCUT2D eigenvalue weighted by molar-refractivity contribution is -0.133. The van der Waals surface area contributed by atoms with E-state index in [0.29, 0.717) is 30.0 Å². The van der Waals surface area contributed by atoms with E-state index in [0.717, 1.165) is 42.5 Å². The number of H-pyrrole nitrogens is 1. The number of hydrogen-bond donors (Lipinski definition) is 1. The first kappa shape index (κ1) is 27.2. The Hall–Kier alpha value is -3.98. The molecule has 9 heteroatoms. The van der Waals surface area contributed by atoms with Crippen LogP contribution in [0.3, 0.4) is 0 Å². The van der Waals surface area contributed by atoms with Crippen LogP contribution >= 0.6 is 0 Å². The monoisotopic (exact) mass is 560 g/mol. The number of amides is 1. The van der Waals surface area contributed by atoms with Crippen LogP contribution < -0.4 is 9.47 Å². The van der Waals surface area contributed by atoms with Crippen molar-refractivity contribution >= 4 is 16.9 Å². The van der Waals surface area contributed by atoms with Crippen molar-refractivity contribution in [3.05, 3.63) is 83.2 Å². The SMILES string of the molecule is C[C@H]1c2cc(Oc3ccnc4[nH]ccc34)ccc2CCN1C(=O)Cc1ccc(OC2CCN(C)CC2)c(C(F)F)c1. The van der Waals surface area contributed by atoms with Crippen LogP contribution in [-0.2, 0) is 17.6 Å². The second-order valence-electron chi connectivity index (χ2n) is 11.0. The molecule has 41 heavy (non-hydrogen) atoms. The number of likely N-dealkylation sites (tertiary alicyclic amines) is 1. The minimum atomic E-state index is -2.68. The Morgan fingerprint density at radius 2 is 1.90 bits per heavy atom. The Labute approximate surface area is 238 Å². The van der Waals surface area contributed by atoms with Gasteiger partial charge < -0.3 is 24.3 Å². The molecule has 1 fully saturated rings. The number of aromatic nitrogens is 2. The standard InChI is InChI=1S/C32H34F2N4O3/c1-20-26-19-24(41-29-8-13-36-32-25(29)7-12-35-32)5-4-22(26)9-16-38(20)30(39)18-21-3-6-28(27(17-21)31(33)34)40-23-10-14-37(2)15-11-23/h3-8,12-13,17,19-20,23,31H,9-11,14-16,18H2,1-2H3,(H,35,36)/t20-/m0/s1. The average molecular weight is 561 g/mol. The van der Waals surface area contributed by atoms with Gasteiger partial charge in [-0.3, -0.25) is 4.79 Å². The van der Waals surface area contributed by atoms with Gasteiger partial charge in [0, 0.05) is 32.0 Å². The highest BCUT2D eigenvalue weighted by molar-refractivity contribution is 5.82. The number of carbonyl (C=O) groups is 1. The molecule has 0 radical (unpaired) electrons. The zero-order valence-electron chi connectivity index (χ0n) is 23.3. The van der Waals surface area contributed by atoms with Gasteiger partial charge in [0.2, 0.25) is 5.91 Å². The van der Waals surface area contributed by atoms with Crippen molar-refractivity contribution in [3.63, 3.8) is 0 Å². The van der Waals surface area contributed by atoms with Gasteiger partial charge in [0.05, 0.1) is 23.4 Å². The van der Waals surface area contributed by atoms with E-state index < -0.39 is 6.43 Å². The van der Waals surface area contributed by atoms with Crippen LogP contribution in [0.2, 0.25) is 0 Å². The quantitative estimate of drug-likeness (QED) is 0.281. The summed E-state index contributed by atoms with van der Waals surface area (Å²) >= 11 is 0. The van der Waals surface area contributed by atoms with Crippen LogP contribution in [0, 0.1) is 0 Å². The normalized spacial score (nSPS) is 18.1. The largest absolute Gasteiger partial charge is 0.490 e. The summed E-state index contributed by atoms with van der Waals surface area (Å²) in [6.07, 6.45) is 3.14. The molecule has 0 saturated carbocycles. The van der Waals surface area contributed by atoms with E-state index in [9.17, 15) is 13.6 Å². The molecule has 4 heterocycles. The lowest BCUT2D eigenvalue weighted by atomic mass is 9.92. The molecule has 6 rings (SSSR count). The summed E-state index contributed by atoms with van der Waals surface area (Å²) in [4.78, 5) is 24.9. The molecule has 1 atom stereocenters. The molecule has 1 amide bonds. The maximum absolute atomic E-state index is 14.0. The van der Waals surface area contributed by atoms with Crippen molar-refractivity contribution < 1.29 is 23.0 Å². The number of nitrogens with one attached hydrogen (secondary N) is 1. The van der Waals surface area contributed by atoms with Crippen molar-refractivity contribution in [2.45, 2.75) is 51.2 Å². The molecule has 2 aliphatic rings. The predicted molar refractivity (Wildman–Crippen MR) is 153 cm³/mol. The molecule has 2 aromatic carbocycles. The van der Waals surface area contributed by atoms with Crippen LogP contribution in [0.25, 0.3) is 11.0 Å². The zero-order chi connectivity index (χ0) is 28.5. The maximum atomic E-state index is 14.0. The van der Waals surface area contributed by atoms with Gasteiger partial charge in [-0.15, -0.1) is 0 Å². The van der Waals surface area contributed by atoms with Crippen LogP contribution in [0.4, 0.5) is 8.78 Å². The molecule has 0 unspecified atom stereocenters. The molecule has 1 N–H and O–H groups in total. The molecule has 7 nitrogen and oxygen atoms in total. The number of hydrogen-bond acceptors (Lipinski definition) is 5. The van der Waals surface area contributed by atoms with Gasteiger partial charge in [0.25, 0.3) is 6.43 Å². The molecule has 0 spiro atoms. The molecule has 4 aromatic rings. The fraction of sp³-hybridized carbons (Fsp3) is 0.375. The number of halogens is 2. The van der Waals surface area contributed by atoms with Gasteiger partial charge in [-0.25, -0.2) is 13.8 Å². The molecule has 0 bridgehead atoms. The fourth-order valence-corrected chi connectivity index (χ4v) is 5.89. The number of rotatable bonds is 7. The topological polar surface area (TPSA) is 70.7 Å². The van der Waals surface area contributed by atoms with Crippen LogP contribution in [0.1, 0.15) is 54.5 Å². The number of alkyl halides is 2. The van der Waals surface area contributed by atoms with Gasteiger partial charge in [-0.05, 0) is 86.3 Å². The van der Waals surface area contributed by atoms with E-state index in [2.05, 4.69) is 20.9 Å². The second kappa shape index (κ2) is 11.5. The van der Waals surface area contributed by atoms with Crippen molar-refractivity contribution in [2.24, 2.45) is 0 Å². The summed E-state index contributed by atoms with van der Waals surface area (Å²) in [5.41, 5.74) is 3.36. The summed E-state index contributed by atoms with van der Waals surface area (Å²) in [5.74, 6) is 1.50. The molecule has 2 aliphatic heterocycles. The first-order valence-electron chi connectivity index (χ1n) is 14.1. The lowest BCUT2D eigenvalue weighted by Crippen LogP contribution is -2.39. The molecule has 214 valence electrons. The number of carbonyl (C=O) groups excluding carboxylic acids is 1. The van der Waals surface area contributed by atoms with Gasteiger partial charge in [0.1, 0.15) is 29.0 Å². The van der Waals surface area contributed by atoms with E-state index >= 15 is 0 Å². The summed E-state index contributed by atoms with van der Waals surface area (Å²) in [7, 11) is 2.05. The van der Waals surface area contributed by atoms with E-state index in [1.165, 1.54) is 11.6 Å². The number of nitrogens with zero attached hydrogens (tertiary/aromatic N) is 3. The van der Waals surface area contributed by atoms with Gasteiger partial charge in [-0.1, -0.05) is 12.1 Å². The van der Waals surface area contributed by atoms with Crippen molar-refractivity contribution in [2.75, 3.05) is 26.7 Å². The van der Waals surface area contributed by atoms with Crippen LogP contribution in [0.15, 0.2) is 60.9 Å². The Kier molecular flexibility index (Phi) is 7.62. The minimum Gasteiger partial charge on any atom is -0.490 e. The smallest absolute Gasteiger partial charge is 0.267 e. The van der Waals surface area contributed by atoms with Gasteiger partial charge in [0.15, 0.2) is 0 Å². The molecular weight excluding hydrogens is 526 g/mol. The van der Waals surface area contributed by atoms with Crippen molar-refractivity contribution in [1.29, 1.82) is 0 Å². The van der Waals surface area contributed by atoms with E-state index in [-0.39, 0.29) is 35.8 Å². The van der Waals surface area contributed by atoms with Gasteiger partial charge in [-0.2, -0.15) is 0 Å². The highest BCUT2D eigenvalue weighted by Crippen LogP contribution is 2.36. The highest BCUT2D eigenvalue weighted by Gasteiger charge is 2.29. The van der Waals surface area contributed by atoms with E-state index in [1.807, 2.05) is 49.3 Å². The second-order valence-corrected chi connectivity index (χ2v) is 11.0. The summed E-state index contributed by atoms with van der Waals surface area (Å²) in [6.45, 7) is 4.33. The number of aromatic amines is 1. The summed E-state index contributed by atoms with van der Waals surface area (Å²) < 4.78 is 40.2. The van der Waals surface area contributed by atoms with Crippen molar-refractivity contribution in [3.8, 4) is 17.2 Å². The zero-order valence-corrected chi connectivity index (χ0v) is 23.3. The maximum Gasteiger partial charge on any atom is 0.267 e. The third-order valence-electron chi connectivity index (χ3n) is 8.25. The van der Waals surface area contributed by atoms with Crippen molar-refractivity contribution in [1.82, 2.24) is 19.8 Å². The third kappa shape index (κ3) is 5.77. The number of ether oxygens (including phenoxy) is 2. The highest BCUT2D eigenvalue weighted by atomic mass is 19.3. The number of benzene rings is 2. The Bertz CT molecular complexity index is 1550. The first-order valence-corrected chi connectivity index (χ1v) is 14.1. The van der Waals surface area contributed by atoms with E-state index in [4.69, 9.17) is 9.47 Å². The predicted octanol–water partition coefficient (Wildman–Crippen LogP) is 6.45. The molecule has 2 aromatic heterocycles. The summed E-state index contributed by atoms with van der Waals surface area (Å²) in [5, 5.41) is 0.890. The number of fused-ring (bicyclic) bond motifs is 2. The molecule has 0 aliphatic carbocycles. The Morgan fingerprint density at radius 3 is 2.71 bits per heavy atom. The Balaban J connectivity index is 1.16. The fourth-order valence-electron chi connectivity index (χ4n) is 5.89. The molecule has 1 saturated heterocycles. The Morgan fingerprint density at radius 1 is 1.07 bits per heavy atom. The minimum absolute atomic E-state index is 0.0482.